The highest BCUT2D eigenvalue weighted by Gasteiger charge is 2.15. The zero-order valence-corrected chi connectivity index (χ0v) is 12.5. The SMILES string of the molecule is CCCN(CC(C)O)C(=O)Nc1ccc(Cl)c(Cl)c1. The molecule has 1 aromatic rings. The van der Waals surface area contributed by atoms with Gasteiger partial charge in [-0.2, -0.15) is 0 Å². The van der Waals surface area contributed by atoms with Gasteiger partial charge in [-0.15, -0.1) is 0 Å². The first-order valence-electron chi connectivity index (χ1n) is 6.13. The predicted octanol–water partition coefficient (Wildman–Crippen LogP) is 3.62. The first-order valence-corrected chi connectivity index (χ1v) is 6.88. The first-order chi connectivity index (χ1) is 8.93. The van der Waals surface area contributed by atoms with E-state index in [1.165, 1.54) is 0 Å². The van der Waals surface area contributed by atoms with E-state index in [1.54, 1.807) is 30.0 Å². The maximum atomic E-state index is 12.1. The van der Waals surface area contributed by atoms with E-state index >= 15 is 0 Å². The number of carbonyl (C=O) groups excluding carboxylic acids is 1. The highest BCUT2D eigenvalue weighted by atomic mass is 35.5. The number of carbonyl (C=O) groups is 1. The minimum Gasteiger partial charge on any atom is -0.392 e. The molecule has 2 amide bonds. The lowest BCUT2D eigenvalue weighted by Crippen LogP contribution is -2.39. The summed E-state index contributed by atoms with van der Waals surface area (Å²) in [5, 5.41) is 12.9. The van der Waals surface area contributed by atoms with Crippen LogP contribution < -0.4 is 5.32 Å². The van der Waals surface area contributed by atoms with Crippen molar-refractivity contribution in [1.29, 1.82) is 0 Å². The van der Waals surface area contributed by atoms with Crippen LogP contribution in [0.2, 0.25) is 10.0 Å². The Morgan fingerprint density at radius 1 is 1.42 bits per heavy atom. The monoisotopic (exact) mass is 304 g/mol. The molecule has 0 saturated carbocycles. The van der Waals surface area contributed by atoms with E-state index in [0.29, 0.717) is 28.8 Å². The van der Waals surface area contributed by atoms with Crippen LogP contribution in [-0.4, -0.2) is 35.2 Å². The molecule has 0 aliphatic heterocycles. The second kappa shape index (κ2) is 7.58. The number of nitrogens with one attached hydrogen (secondary N) is 1. The molecule has 0 aliphatic carbocycles. The number of halogens is 2. The molecule has 19 heavy (non-hydrogen) atoms. The van der Waals surface area contributed by atoms with Gasteiger partial charge in [0, 0.05) is 18.8 Å². The maximum Gasteiger partial charge on any atom is 0.321 e. The Bertz CT molecular complexity index is 439. The Morgan fingerprint density at radius 2 is 2.11 bits per heavy atom. The van der Waals surface area contributed by atoms with Crippen molar-refractivity contribution in [3.05, 3.63) is 28.2 Å². The third-order valence-corrected chi connectivity index (χ3v) is 3.18. The summed E-state index contributed by atoms with van der Waals surface area (Å²) >= 11 is 11.7. The summed E-state index contributed by atoms with van der Waals surface area (Å²) in [5.74, 6) is 0. The molecule has 1 aromatic carbocycles. The van der Waals surface area contributed by atoms with Gasteiger partial charge < -0.3 is 15.3 Å². The Balaban J connectivity index is 2.72. The Labute approximate surface area is 123 Å². The number of aliphatic hydroxyl groups excluding tert-OH is 1. The third-order valence-electron chi connectivity index (χ3n) is 2.44. The lowest BCUT2D eigenvalue weighted by Gasteiger charge is -2.24. The molecule has 0 radical (unpaired) electrons. The number of aliphatic hydroxyl groups is 1. The van der Waals surface area contributed by atoms with Gasteiger partial charge in [0.15, 0.2) is 0 Å². The Hall–Kier alpha value is -0.970. The number of amides is 2. The smallest absolute Gasteiger partial charge is 0.321 e. The van der Waals surface area contributed by atoms with E-state index in [4.69, 9.17) is 23.2 Å². The molecule has 4 nitrogen and oxygen atoms in total. The second-order valence-electron chi connectivity index (χ2n) is 4.35. The van der Waals surface area contributed by atoms with E-state index in [0.717, 1.165) is 6.42 Å². The summed E-state index contributed by atoms with van der Waals surface area (Å²) in [7, 11) is 0. The molecule has 0 aliphatic rings. The van der Waals surface area contributed by atoms with Crippen LogP contribution in [0.3, 0.4) is 0 Å². The normalized spacial score (nSPS) is 12.1. The Morgan fingerprint density at radius 3 is 2.63 bits per heavy atom. The van der Waals surface area contributed by atoms with Crippen molar-refractivity contribution in [3.8, 4) is 0 Å². The van der Waals surface area contributed by atoms with E-state index in [9.17, 15) is 9.90 Å². The minimum absolute atomic E-state index is 0.263. The molecule has 106 valence electrons. The number of rotatable bonds is 5. The molecule has 1 unspecified atom stereocenters. The lowest BCUT2D eigenvalue weighted by atomic mass is 10.3. The molecule has 2 N–H and O–H groups in total. The van der Waals surface area contributed by atoms with Crippen molar-refractivity contribution in [2.24, 2.45) is 0 Å². The van der Waals surface area contributed by atoms with Gasteiger partial charge in [-0.25, -0.2) is 4.79 Å². The fourth-order valence-electron chi connectivity index (χ4n) is 1.64. The van der Waals surface area contributed by atoms with Crippen LogP contribution in [0, 0.1) is 0 Å². The fourth-order valence-corrected chi connectivity index (χ4v) is 1.94. The van der Waals surface area contributed by atoms with Crippen LogP contribution in [0.25, 0.3) is 0 Å². The molecule has 0 saturated heterocycles. The van der Waals surface area contributed by atoms with Crippen molar-refractivity contribution in [2.45, 2.75) is 26.4 Å². The summed E-state index contributed by atoms with van der Waals surface area (Å²) in [6.45, 7) is 4.50. The molecule has 1 rings (SSSR count). The van der Waals surface area contributed by atoms with E-state index in [-0.39, 0.29) is 6.03 Å². The molecule has 0 spiro atoms. The molecular formula is C13H18Cl2N2O2. The fraction of sp³-hybridized carbons (Fsp3) is 0.462. The number of urea groups is 1. The zero-order valence-electron chi connectivity index (χ0n) is 11.0. The summed E-state index contributed by atoms with van der Waals surface area (Å²) < 4.78 is 0. The number of nitrogens with zero attached hydrogens (tertiary/aromatic N) is 1. The van der Waals surface area contributed by atoms with E-state index in [2.05, 4.69) is 5.32 Å². The van der Waals surface area contributed by atoms with Crippen LogP contribution in [0.4, 0.5) is 10.5 Å². The zero-order chi connectivity index (χ0) is 14.4. The molecule has 6 heteroatoms. The van der Waals surface area contributed by atoms with Gasteiger partial charge in [0.25, 0.3) is 0 Å². The van der Waals surface area contributed by atoms with Crippen LogP contribution in [0.5, 0.6) is 0 Å². The van der Waals surface area contributed by atoms with Gasteiger partial charge in [-0.05, 0) is 31.5 Å². The molecule has 0 fully saturated rings. The Kier molecular flexibility index (Phi) is 6.42. The summed E-state index contributed by atoms with van der Waals surface area (Å²) in [4.78, 5) is 13.6. The first kappa shape index (κ1) is 16.1. The van der Waals surface area contributed by atoms with Crippen molar-refractivity contribution in [1.82, 2.24) is 4.90 Å². The predicted molar refractivity (Wildman–Crippen MR) is 79.0 cm³/mol. The van der Waals surface area contributed by atoms with Crippen LogP contribution in [-0.2, 0) is 0 Å². The van der Waals surface area contributed by atoms with Crippen molar-refractivity contribution in [3.63, 3.8) is 0 Å². The standard InChI is InChI=1S/C13H18Cl2N2O2/c1-3-6-17(8-9(2)18)13(19)16-10-4-5-11(14)12(15)7-10/h4-5,7,9,18H,3,6,8H2,1-2H3,(H,16,19). The summed E-state index contributed by atoms with van der Waals surface area (Å²) in [6, 6.07) is 4.63. The number of hydrogen-bond donors (Lipinski definition) is 2. The van der Waals surface area contributed by atoms with Crippen LogP contribution in [0.1, 0.15) is 20.3 Å². The van der Waals surface area contributed by atoms with E-state index < -0.39 is 6.10 Å². The highest BCUT2D eigenvalue weighted by Crippen LogP contribution is 2.25. The van der Waals surface area contributed by atoms with Crippen LogP contribution >= 0.6 is 23.2 Å². The highest BCUT2D eigenvalue weighted by molar-refractivity contribution is 6.42. The van der Waals surface area contributed by atoms with Gasteiger partial charge in [0.2, 0.25) is 0 Å². The average Bonchev–Trinajstić information content (AvgIpc) is 2.33. The van der Waals surface area contributed by atoms with Crippen molar-refractivity contribution < 1.29 is 9.90 Å². The number of anilines is 1. The summed E-state index contributed by atoms with van der Waals surface area (Å²) in [5.41, 5.74) is 0.575. The van der Waals surface area contributed by atoms with Gasteiger partial charge in [-0.3, -0.25) is 0 Å². The van der Waals surface area contributed by atoms with Gasteiger partial charge in [0.05, 0.1) is 16.1 Å². The second-order valence-corrected chi connectivity index (χ2v) is 5.17. The van der Waals surface area contributed by atoms with Gasteiger partial charge in [-0.1, -0.05) is 30.1 Å². The van der Waals surface area contributed by atoms with Crippen molar-refractivity contribution in [2.75, 3.05) is 18.4 Å². The number of hydrogen-bond acceptors (Lipinski definition) is 2. The average molecular weight is 305 g/mol. The van der Waals surface area contributed by atoms with Gasteiger partial charge >= 0.3 is 6.03 Å². The largest absolute Gasteiger partial charge is 0.392 e. The number of benzene rings is 1. The molecule has 1 atom stereocenters. The molecule has 0 heterocycles. The minimum atomic E-state index is -0.564. The van der Waals surface area contributed by atoms with E-state index in [1.807, 2.05) is 6.92 Å². The quantitative estimate of drug-likeness (QED) is 0.873. The van der Waals surface area contributed by atoms with Crippen LogP contribution in [0.15, 0.2) is 18.2 Å². The summed E-state index contributed by atoms with van der Waals surface area (Å²) in [6.07, 6.45) is 0.257. The van der Waals surface area contributed by atoms with Crippen molar-refractivity contribution >= 4 is 34.9 Å². The maximum absolute atomic E-state index is 12.1. The molecular weight excluding hydrogens is 287 g/mol. The topological polar surface area (TPSA) is 52.6 Å². The van der Waals surface area contributed by atoms with Gasteiger partial charge in [0.1, 0.15) is 0 Å². The lowest BCUT2D eigenvalue weighted by molar-refractivity contribution is 0.138. The third kappa shape index (κ3) is 5.27. The molecule has 0 bridgehead atoms. The molecule has 0 aromatic heterocycles.